The molecular formula is C14H22N2O5. The zero-order valence-corrected chi connectivity index (χ0v) is 12.5. The Kier molecular flexibility index (Phi) is 5.92. The third kappa shape index (κ3) is 4.05. The van der Waals surface area contributed by atoms with E-state index in [9.17, 15) is 19.8 Å². The molecule has 0 radical (unpaired) electrons. The predicted molar refractivity (Wildman–Crippen MR) is 77.3 cm³/mol. The maximum Gasteiger partial charge on any atom is 0.317 e. The van der Waals surface area contributed by atoms with Crippen LogP contribution in [0.1, 0.15) is 37.7 Å². The van der Waals surface area contributed by atoms with Crippen molar-refractivity contribution in [2.45, 2.75) is 39.5 Å². The maximum absolute atomic E-state index is 11.8. The van der Waals surface area contributed by atoms with E-state index in [1.807, 2.05) is 13.8 Å². The van der Waals surface area contributed by atoms with Gasteiger partial charge >= 0.3 is 5.97 Å². The monoisotopic (exact) mass is 298 g/mol. The Morgan fingerprint density at radius 1 is 1.48 bits per heavy atom. The highest BCUT2D eigenvalue weighted by molar-refractivity contribution is 5.69. The molecule has 0 aliphatic carbocycles. The van der Waals surface area contributed by atoms with Crippen molar-refractivity contribution in [1.29, 1.82) is 0 Å². The summed E-state index contributed by atoms with van der Waals surface area (Å²) in [4.78, 5) is 24.0. The minimum Gasteiger partial charge on any atom is -0.503 e. The van der Waals surface area contributed by atoms with Gasteiger partial charge in [-0.05, 0) is 20.4 Å². The summed E-state index contributed by atoms with van der Waals surface area (Å²) in [5, 5.41) is 28.3. The highest BCUT2D eigenvalue weighted by atomic mass is 16.4. The van der Waals surface area contributed by atoms with E-state index >= 15 is 0 Å². The van der Waals surface area contributed by atoms with Gasteiger partial charge in [-0.3, -0.25) is 14.5 Å². The van der Waals surface area contributed by atoms with E-state index in [1.54, 1.807) is 11.6 Å². The molecule has 1 heterocycles. The number of pyridine rings is 1. The summed E-state index contributed by atoms with van der Waals surface area (Å²) in [5.41, 5.74) is 0.160. The molecule has 7 nitrogen and oxygen atoms in total. The number of likely N-dealkylation sites (N-methyl/N-ethyl adjacent to an activating group) is 1. The Balaban J connectivity index is 3.35. The van der Waals surface area contributed by atoms with E-state index in [4.69, 9.17) is 5.11 Å². The molecule has 3 N–H and O–H groups in total. The summed E-state index contributed by atoms with van der Waals surface area (Å²) in [6.45, 7) is 3.42. The molecule has 1 rings (SSSR count). The summed E-state index contributed by atoms with van der Waals surface area (Å²) in [6, 6.07) is 1.18. The molecule has 118 valence electrons. The van der Waals surface area contributed by atoms with Crippen molar-refractivity contribution < 1.29 is 20.1 Å². The Morgan fingerprint density at radius 3 is 2.57 bits per heavy atom. The van der Waals surface area contributed by atoms with Gasteiger partial charge in [0, 0.05) is 24.3 Å². The fourth-order valence-electron chi connectivity index (χ4n) is 2.27. The van der Waals surface area contributed by atoms with E-state index in [2.05, 4.69) is 0 Å². The van der Waals surface area contributed by atoms with Gasteiger partial charge in [0.25, 0.3) is 0 Å². The largest absolute Gasteiger partial charge is 0.503 e. The number of carboxylic acid groups (broad SMARTS) is 1. The second-order valence-corrected chi connectivity index (χ2v) is 5.15. The van der Waals surface area contributed by atoms with Crippen molar-refractivity contribution in [3.05, 3.63) is 27.7 Å². The second-order valence-electron chi connectivity index (χ2n) is 5.15. The first-order valence-corrected chi connectivity index (χ1v) is 6.79. The number of aromatic nitrogens is 1. The van der Waals surface area contributed by atoms with Crippen molar-refractivity contribution in [3.8, 4) is 5.75 Å². The van der Waals surface area contributed by atoms with E-state index < -0.39 is 17.1 Å². The van der Waals surface area contributed by atoms with Crippen LogP contribution in [-0.4, -0.2) is 44.3 Å². The summed E-state index contributed by atoms with van der Waals surface area (Å²) in [5.74, 6) is -1.39. The summed E-state index contributed by atoms with van der Waals surface area (Å²) < 4.78 is 1.70. The summed E-state index contributed by atoms with van der Waals surface area (Å²) in [7, 11) is 1.59. The number of nitrogens with zero attached hydrogens (tertiary/aromatic N) is 2. The quantitative estimate of drug-likeness (QED) is 0.678. The van der Waals surface area contributed by atoms with Crippen molar-refractivity contribution in [2.24, 2.45) is 0 Å². The first-order valence-electron chi connectivity index (χ1n) is 6.79. The molecular weight excluding hydrogens is 276 g/mol. The number of carbonyl (C=O) groups is 1. The number of hydrogen-bond acceptors (Lipinski definition) is 5. The van der Waals surface area contributed by atoms with Crippen LogP contribution < -0.4 is 5.43 Å². The fourth-order valence-corrected chi connectivity index (χ4v) is 2.27. The SMILES string of the molecule is CCC(C)n1c(CO)cc(=O)c(O)c1CN(C)CC(=O)O. The molecule has 0 bridgehead atoms. The number of hydrogen-bond donors (Lipinski definition) is 3. The van der Waals surface area contributed by atoms with Crippen LogP contribution in [0, 0.1) is 0 Å². The molecule has 7 heteroatoms. The van der Waals surface area contributed by atoms with Crippen LogP contribution in [0.5, 0.6) is 5.75 Å². The molecule has 0 amide bonds. The normalized spacial score (nSPS) is 12.6. The fraction of sp³-hybridized carbons (Fsp3) is 0.571. The third-order valence-electron chi connectivity index (χ3n) is 3.42. The van der Waals surface area contributed by atoms with Crippen LogP contribution in [0.15, 0.2) is 10.9 Å². The smallest absolute Gasteiger partial charge is 0.317 e. The highest BCUT2D eigenvalue weighted by Crippen LogP contribution is 2.23. The molecule has 1 aromatic rings. The van der Waals surface area contributed by atoms with Gasteiger partial charge in [0.1, 0.15) is 0 Å². The van der Waals surface area contributed by atoms with Gasteiger partial charge in [0.2, 0.25) is 5.43 Å². The summed E-state index contributed by atoms with van der Waals surface area (Å²) >= 11 is 0. The van der Waals surface area contributed by atoms with Gasteiger partial charge in [0.05, 0.1) is 18.8 Å². The Morgan fingerprint density at radius 2 is 2.10 bits per heavy atom. The maximum atomic E-state index is 11.8. The number of carboxylic acids is 1. The van der Waals surface area contributed by atoms with Crippen molar-refractivity contribution in [3.63, 3.8) is 0 Å². The predicted octanol–water partition coefficient (Wildman–Crippen LogP) is 0.534. The van der Waals surface area contributed by atoms with E-state index in [-0.39, 0.29) is 25.7 Å². The number of aliphatic carboxylic acids is 1. The van der Waals surface area contributed by atoms with E-state index in [0.717, 1.165) is 6.42 Å². The molecule has 1 unspecified atom stereocenters. The van der Waals surface area contributed by atoms with Gasteiger partial charge in [-0.2, -0.15) is 0 Å². The minimum atomic E-state index is -0.993. The number of aliphatic hydroxyl groups is 1. The molecule has 0 spiro atoms. The molecule has 21 heavy (non-hydrogen) atoms. The van der Waals surface area contributed by atoms with Crippen LogP contribution in [0.2, 0.25) is 0 Å². The Bertz CT molecular complexity index is 567. The van der Waals surface area contributed by atoms with Crippen molar-refractivity contribution >= 4 is 5.97 Å². The lowest BCUT2D eigenvalue weighted by molar-refractivity contribution is -0.138. The number of aliphatic hydroxyl groups excluding tert-OH is 1. The van der Waals surface area contributed by atoms with Crippen LogP contribution in [0.4, 0.5) is 0 Å². The van der Waals surface area contributed by atoms with Crippen LogP contribution in [-0.2, 0) is 17.9 Å². The van der Waals surface area contributed by atoms with E-state index in [0.29, 0.717) is 11.4 Å². The van der Waals surface area contributed by atoms with Gasteiger partial charge in [-0.15, -0.1) is 0 Å². The van der Waals surface area contributed by atoms with Crippen LogP contribution in [0.25, 0.3) is 0 Å². The highest BCUT2D eigenvalue weighted by Gasteiger charge is 2.19. The molecule has 1 aromatic heterocycles. The first kappa shape index (κ1) is 17.2. The van der Waals surface area contributed by atoms with Crippen LogP contribution in [0.3, 0.4) is 0 Å². The molecule has 0 saturated heterocycles. The molecule has 1 atom stereocenters. The van der Waals surface area contributed by atoms with Crippen molar-refractivity contribution in [2.75, 3.05) is 13.6 Å². The lowest BCUT2D eigenvalue weighted by atomic mass is 10.1. The average Bonchev–Trinajstić information content (AvgIpc) is 2.41. The molecule has 0 aliphatic rings. The van der Waals surface area contributed by atoms with Gasteiger partial charge in [-0.25, -0.2) is 0 Å². The molecule has 0 fully saturated rings. The van der Waals surface area contributed by atoms with E-state index in [1.165, 1.54) is 11.0 Å². The number of rotatable bonds is 7. The minimum absolute atomic E-state index is 0.0353. The molecule has 0 saturated carbocycles. The third-order valence-corrected chi connectivity index (χ3v) is 3.42. The zero-order valence-electron chi connectivity index (χ0n) is 12.5. The zero-order chi connectivity index (χ0) is 16.2. The Hall–Kier alpha value is -1.86. The van der Waals surface area contributed by atoms with Gasteiger partial charge in [-0.1, -0.05) is 6.92 Å². The first-order chi connectivity index (χ1) is 9.81. The standard InChI is InChI=1S/C14H22N2O5/c1-4-9(2)16-10(8-17)5-12(18)14(21)11(16)6-15(3)7-13(19)20/h5,9,17,21H,4,6-8H2,1-3H3,(H,19,20). The molecule has 0 aromatic carbocycles. The summed E-state index contributed by atoms with van der Waals surface area (Å²) in [6.07, 6.45) is 0.741. The van der Waals surface area contributed by atoms with Crippen LogP contribution >= 0.6 is 0 Å². The van der Waals surface area contributed by atoms with Gasteiger partial charge < -0.3 is 19.9 Å². The second kappa shape index (κ2) is 7.24. The van der Waals surface area contributed by atoms with Gasteiger partial charge in [0.15, 0.2) is 5.75 Å². The topological polar surface area (TPSA) is 103 Å². The average molecular weight is 298 g/mol. The number of aromatic hydroxyl groups is 1. The van der Waals surface area contributed by atoms with Crippen molar-refractivity contribution in [1.82, 2.24) is 9.47 Å². The lowest BCUT2D eigenvalue weighted by Gasteiger charge is -2.26. The lowest BCUT2D eigenvalue weighted by Crippen LogP contribution is -2.29. The molecule has 0 aliphatic heterocycles. The Labute approximate surface area is 123 Å².